The molecule has 0 unspecified atom stereocenters. The molecule has 192 valence electrons. The van der Waals surface area contributed by atoms with Crippen molar-refractivity contribution in [3.05, 3.63) is 91.0 Å². The predicted octanol–water partition coefficient (Wildman–Crippen LogP) is 6.65. The van der Waals surface area contributed by atoms with Crippen LogP contribution in [0.4, 0.5) is 17.1 Å². The molecule has 0 atom stereocenters. The fraction of sp³-hybridized carbons (Fsp3) is 0.222. The molecule has 0 aliphatic heterocycles. The molecule has 0 radical (unpaired) electrons. The van der Waals surface area contributed by atoms with Crippen molar-refractivity contribution in [3.8, 4) is 0 Å². The molecule has 0 spiro atoms. The van der Waals surface area contributed by atoms with E-state index in [-0.39, 0.29) is 17.4 Å². The van der Waals surface area contributed by atoms with E-state index in [9.17, 15) is 0 Å². The summed E-state index contributed by atoms with van der Waals surface area (Å²) in [6.07, 6.45) is 0. The van der Waals surface area contributed by atoms with Gasteiger partial charge in [0.2, 0.25) is 0 Å². The van der Waals surface area contributed by atoms with Crippen LogP contribution in [-0.2, 0) is 37.9 Å². The quantitative estimate of drug-likeness (QED) is 0.170. The Morgan fingerprint density at radius 2 is 0.676 bits per heavy atom. The minimum absolute atomic E-state index is 0. The van der Waals surface area contributed by atoms with Crippen LogP contribution in [0.2, 0.25) is 0 Å². The summed E-state index contributed by atoms with van der Waals surface area (Å²) in [7, 11) is 0. The summed E-state index contributed by atoms with van der Waals surface area (Å²) in [6, 6.07) is 29.8. The van der Waals surface area contributed by atoms with E-state index in [2.05, 4.69) is 0 Å². The molecule has 3 aromatic carbocycles. The minimum Gasteiger partial charge on any atom is -0.411 e. The van der Waals surface area contributed by atoms with Crippen molar-refractivity contribution >= 4 is 122 Å². The van der Waals surface area contributed by atoms with E-state index in [0.717, 1.165) is 36.7 Å². The number of anilines is 3. The van der Waals surface area contributed by atoms with Gasteiger partial charge in [0.1, 0.15) is 0 Å². The topological polar surface area (TPSA) is 9.72 Å². The van der Waals surface area contributed by atoms with Gasteiger partial charge in [-0.2, -0.15) is 0 Å². The van der Waals surface area contributed by atoms with Crippen LogP contribution in [0.1, 0.15) is 20.8 Å². The average molecular weight is 616 g/mol. The fourth-order valence-electron chi connectivity index (χ4n) is 3.08. The standard InChI is InChI=1S/3C9H11NS2.Al/c3*1-2-10(9(11)12)8-6-4-3-5-7-8;/h3*3-7H,2H2,1H3,(H,11,12);/q;;;+3/p-3. The molecule has 3 nitrogen and oxygen atoms in total. The van der Waals surface area contributed by atoms with E-state index in [1.165, 1.54) is 0 Å². The third-order valence-electron chi connectivity index (χ3n) is 4.81. The first-order valence-electron chi connectivity index (χ1n) is 11.4. The zero-order valence-corrected chi connectivity index (χ0v) is 27.2. The second-order valence-electron chi connectivity index (χ2n) is 7.04. The summed E-state index contributed by atoms with van der Waals surface area (Å²) in [4.78, 5) is 5.76. The molecule has 0 heterocycles. The Morgan fingerprint density at radius 3 is 0.811 bits per heavy atom. The number of hydrogen-bond acceptors (Lipinski definition) is 6. The zero-order chi connectivity index (χ0) is 26.9. The molecule has 0 aliphatic rings. The minimum atomic E-state index is 0. The van der Waals surface area contributed by atoms with Gasteiger partial charge in [0.25, 0.3) is 0 Å². The maximum Gasteiger partial charge on any atom is 3.00 e. The smallest absolute Gasteiger partial charge is 0.411 e. The fourth-order valence-corrected chi connectivity index (χ4v) is 4.48. The number of thiocarbonyl (C=S) groups is 3. The molecule has 0 aromatic heterocycles. The van der Waals surface area contributed by atoms with E-state index in [4.69, 9.17) is 74.5 Å². The molecule has 3 rings (SSSR count). The Morgan fingerprint density at radius 1 is 0.486 bits per heavy atom. The van der Waals surface area contributed by atoms with Crippen LogP contribution in [0.3, 0.4) is 0 Å². The first-order chi connectivity index (χ1) is 17.3. The van der Waals surface area contributed by atoms with Crippen LogP contribution in [0.15, 0.2) is 91.0 Å². The summed E-state index contributed by atoms with van der Waals surface area (Å²) in [5.74, 6) is 0. The third-order valence-corrected chi connectivity index (χ3v) is 6.14. The molecule has 0 amide bonds. The monoisotopic (exact) mass is 615 g/mol. The van der Waals surface area contributed by atoms with Gasteiger partial charge >= 0.3 is 17.4 Å². The van der Waals surface area contributed by atoms with Gasteiger partial charge < -0.3 is 89.2 Å². The third kappa shape index (κ3) is 13.2. The summed E-state index contributed by atoms with van der Waals surface area (Å²) in [6.45, 7) is 8.58. The molecule has 0 fully saturated rings. The number of rotatable bonds is 6. The van der Waals surface area contributed by atoms with Crippen LogP contribution in [0.25, 0.3) is 0 Å². The predicted molar refractivity (Wildman–Crippen MR) is 184 cm³/mol. The van der Waals surface area contributed by atoms with Crippen molar-refractivity contribution in [2.24, 2.45) is 0 Å². The zero-order valence-electron chi connectivity index (χ0n) is 21.2. The molecule has 0 saturated carbocycles. The van der Waals surface area contributed by atoms with Gasteiger partial charge in [-0.1, -0.05) is 67.6 Å². The first-order valence-corrected chi connectivity index (χ1v) is 13.8. The molecular formula is C27H30AlN3S6. The van der Waals surface area contributed by atoms with Gasteiger partial charge in [-0.15, -0.1) is 0 Å². The van der Waals surface area contributed by atoms with Gasteiger partial charge in [-0.3, -0.25) is 0 Å². The molecule has 3 aromatic rings. The van der Waals surface area contributed by atoms with E-state index >= 15 is 0 Å². The van der Waals surface area contributed by atoms with Crippen molar-refractivity contribution in [1.82, 2.24) is 0 Å². The Bertz CT molecular complexity index is 919. The van der Waals surface area contributed by atoms with Crippen LogP contribution >= 0.6 is 36.7 Å². The largest absolute Gasteiger partial charge is 3.00 e. The van der Waals surface area contributed by atoms with E-state index in [1.807, 2.05) is 126 Å². The molecule has 0 saturated heterocycles. The van der Waals surface area contributed by atoms with E-state index < -0.39 is 0 Å². The maximum absolute atomic E-state index is 4.94. The molecule has 10 heteroatoms. The first kappa shape index (κ1) is 35.5. The van der Waals surface area contributed by atoms with Gasteiger partial charge in [0.05, 0.1) is 0 Å². The number of hydrogen-bond donors (Lipinski definition) is 0. The Labute approximate surface area is 266 Å². The normalized spacial score (nSPS) is 9.16. The Hall–Kier alpha value is -1.48. The van der Waals surface area contributed by atoms with E-state index in [0.29, 0.717) is 13.0 Å². The molecule has 0 bridgehead atoms. The summed E-state index contributed by atoms with van der Waals surface area (Å²) < 4.78 is 1.51. The van der Waals surface area contributed by atoms with Crippen LogP contribution in [0, 0.1) is 0 Å². The van der Waals surface area contributed by atoms with Gasteiger partial charge in [0, 0.05) is 36.7 Å². The Kier molecular flexibility index (Phi) is 19.7. The van der Waals surface area contributed by atoms with Gasteiger partial charge in [0.15, 0.2) is 0 Å². The summed E-state index contributed by atoms with van der Waals surface area (Å²) in [5, 5.41) is 0. The number of benzene rings is 3. The average Bonchev–Trinajstić information content (AvgIpc) is 2.87. The van der Waals surface area contributed by atoms with Gasteiger partial charge in [-0.05, 0) is 57.2 Å². The maximum atomic E-state index is 4.94. The number of para-hydroxylation sites is 3. The van der Waals surface area contributed by atoms with Crippen LogP contribution in [-0.4, -0.2) is 50.0 Å². The SMILES string of the molecule is CCN(C(=S)[S-])c1ccccc1.CCN(C(=S)[S-])c1ccccc1.CCN(C(=S)[S-])c1ccccc1.[Al+3]. The molecule has 0 aliphatic carbocycles. The Balaban J connectivity index is 0.000000518. The molecule has 37 heavy (non-hydrogen) atoms. The van der Waals surface area contributed by atoms with E-state index in [1.54, 1.807) is 0 Å². The molecule has 0 N–H and O–H groups in total. The molecular weight excluding hydrogens is 586 g/mol. The van der Waals surface area contributed by atoms with Crippen molar-refractivity contribution in [3.63, 3.8) is 0 Å². The summed E-state index contributed by atoms with van der Waals surface area (Å²) >= 11 is 29.6. The summed E-state index contributed by atoms with van der Waals surface area (Å²) in [5.41, 5.74) is 3.21. The van der Waals surface area contributed by atoms with Crippen molar-refractivity contribution < 1.29 is 0 Å². The second kappa shape index (κ2) is 20.5. The van der Waals surface area contributed by atoms with Gasteiger partial charge in [-0.25, -0.2) is 0 Å². The van der Waals surface area contributed by atoms with Crippen molar-refractivity contribution in [2.45, 2.75) is 20.8 Å². The van der Waals surface area contributed by atoms with Crippen molar-refractivity contribution in [1.29, 1.82) is 0 Å². The van der Waals surface area contributed by atoms with Crippen LogP contribution < -0.4 is 14.7 Å². The number of nitrogens with zero attached hydrogens (tertiary/aromatic N) is 3. The second-order valence-corrected chi connectivity index (χ2v) is 10.1. The van der Waals surface area contributed by atoms with Crippen LogP contribution in [0.5, 0.6) is 0 Å². The van der Waals surface area contributed by atoms with Crippen molar-refractivity contribution in [2.75, 3.05) is 34.3 Å².